The van der Waals surface area contributed by atoms with Crippen molar-refractivity contribution in [3.8, 4) is 0 Å². The summed E-state index contributed by atoms with van der Waals surface area (Å²) in [6.07, 6.45) is 4.89. The van der Waals surface area contributed by atoms with E-state index >= 15 is 0 Å². The molecule has 4 rings (SSSR count). The quantitative estimate of drug-likeness (QED) is 0.810. The van der Waals surface area contributed by atoms with Gasteiger partial charge in [0.05, 0.1) is 6.04 Å². The number of rotatable bonds is 1. The van der Waals surface area contributed by atoms with Crippen molar-refractivity contribution in [3.63, 3.8) is 0 Å². The Morgan fingerprint density at radius 1 is 1.23 bits per heavy atom. The highest BCUT2D eigenvalue weighted by atomic mass is 35.5. The first-order valence-corrected chi connectivity index (χ1v) is 8.12. The Bertz CT molecular complexity index is 668. The number of hydrazine groups is 1. The molecule has 1 amide bonds. The molecule has 4 bridgehead atoms. The summed E-state index contributed by atoms with van der Waals surface area (Å²) < 4.78 is 0. The van der Waals surface area contributed by atoms with Crippen LogP contribution >= 0.6 is 11.6 Å². The average molecular weight is 316 g/mol. The van der Waals surface area contributed by atoms with E-state index in [0.717, 1.165) is 37.9 Å². The van der Waals surface area contributed by atoms with Crippen LogP contribution in [0.1, 0.15) is 29.6 Å². The van der Waals surface area contributed by atoms with Crippen LogP contribution < -0.4 is 5.43 Å². The molecule has 114 valence electrons. The number of halogens is 1. The molecule has 0 radical (unpaired) electrons. The van der Waals surface area contributed by atoms with Gasteiger partial charge in [-0.2, -0.15) is 0 Å². The molecule has 3 aliphatic heterocycles. The predicted molar refractivity (Wildman–Crippen MR) is 85.9 cm³/mol. The predicted octanol–water partition coefficient (Wildman–Crippen LogP) is 2.85. The highest BCUT2D eigenvalue weighted by molar-refractivity contribution is 6.29. The largest absolute Gasteiger partial charge is 0.331 e. The van der Waals surface area contributed by atoms with Gasteiger partial charge in [-0.1, -0.05) is 29.8 Å². The van der Waals surface area contributed by atoms with Gasteiger partial charge in [0.15, 0.2) is 0 Å². The molecule has 0 aromatic heterocycles. The molecular weight excluding hydrogens is 298 g/mol. The minimum atomic E-state index is 0.119. The maximum atomic E-state index is 12.9. The molecule has 0 spiro atoms. The van der Waals surface area contributed by atoms with E-state index in [1.165, 1.54) is 11.3 Å². The first-order valence-electron chi connectivity index (χ1n) is 7.74. The molecule has 4 nitrogen and oxygen atoms in total. The third kappa shape index (κ3) is 2.18. The molecule has 5 heteroatoms. The molecule has 22 heavy (non-hydrogen) atoms. The van der Waals surface area contributed by atoms with E-state index in [2.05, 4.69) is 10.4 Å². The van der Waals surface area contributed by atoms with Crippen molar-refractivity contribution in [2.24, 2.45) is 0 Å². The van der Waals surface area contributed by atoms with Crippen molar-refractivity contribution < 1.29 is 4.79 Å². The van der Waals surface area contributed by atoms with Gasteiger partial charge in [0, 0.05) is 30.8 Å². The van der Waals surface area contributed by atoms with E-state index in [-0.39, 0.29) is 11.9 Å². The maximum Gasteiger partial charge on any atom is 0.254 e. The molecule has 3 heterocycles. The molecule has 1 aromatic carbocycles. The van der Waals surface area contributed by atoms with Crippen LogP contribution in [-0.2, 0) is 0 Å². The second-order valence-electron chi connectivity index (χ2n) is 5.93. The van der Waals surface area contributed by atoms with Gasteiger partial charge in [-0.15, -0.1) is 0 Å². The highest BCUT2D eigenvalue weighted by Gasteiger charge is 2.37. The first kappa shape index (κ1) is 13.7. The van der Waals surface area contributed by atoms with Crippen LogP contribution in [0, 0.1) is 0 Å². The van der Waals surface area contributed by atoms with E-state index < -0.39 is 0 Å². The monoisotopic (exact) mass is 315 g/mol. The van der Waals surface area contributed by atoms with Crippen LogP contribution in [-0.4, -0.2) is 34.9 Å². The molecule has 0 saturated heterocycles. The van der Waals surface area contributed by atoms with Crippen LogP contribution in [0.25, 0.3) is 0 Å². The van der Waals surface area contributed by atoms with Crippen molar-refractivity contribution in [1.29, 1.82) is 0 Å². The number of carbonyl (C=O) groups is 1. The molecule has 0 saturated carbocycles. The zero-order valence-corrected chi connectivity index (χ0v) is 13.0. The summed E-state index contributed by atoms with van der Waals surface area (Å²) in [6, 6.07) is 9.68. The van der Waals surface area contributed by atoms with Gasteiger partial charge in [0.1, 0.15) is 5.16 Å². The third-order valence-electron chi connectivity index (χ3n) is 4.65. The lowest BCUT2D eigenvalue weighted by Crippen LogP contribution is -2.48. The lowest BCUT2D eigenvalue weighted by Gasteiger charge is -2.41. The zero-order valence-electron chi connectivity index (χ0n) is 12.3. The molecule has 0 fully saturated rings. The van der Waals surface area contributed by atoms with Crippen LogP contribution in [0.3, 0.4) is 0 Å². The number of hydrogen-bond donors (Lipinski definition) is 1. The van der Waals surface area contributed by atoms with Crippen LogP contribution in [0.15, 0.2) is 52.8 Å². The second kappa shape index (κ2) is 5.36. The summed E-state index contributed by atoms with van der Waals surface area (Å²) in [5.41, 5.74) is 6.48. The number of carbonyl (C=O) groups excluding carboxylic acids is 1. The van der Waals surface area contributed by atoms with Crippen molar-refractivity contribution in [3.05, 3.63) is 58.4 Å². The molecule has 0 aliphatic carbocycles. The Kier molecular flexibility index (Phi) is 3.34. The normalized spacial score (nSPS) is 23.7. The van der Waals surface area contributed by atoms with E-state index in [4.69, 9.17) is 11.6 Å². The SMILES string of the molecule is O=C(c1ccccc1)N1CCC2=C3C=C(Cl)NN2CCCC31. The number of nitrogens with zero attached hydrogens (tertiary/aromatic N) is 2. The van der Waals surface area contributed by atoms with Crippen LogP contribution in [0.2, 0.25) is 0 Å². The molecule has 3 aliphatic rings. The van der Waals surface area contributed by atoms with Gasteiger partial charge < -0.3 is 4.90 Å². The fourth-order valence-corrected chi connectivity index (χ4v) is 3.88. The summed E-state index contributed by atoms with van der Waals surface area (Å²) in [5.74, 6) is 0.119. The van der Waals surface area contributed by atoms with Crippen molar-refractivity contribution >= 4 is 17.5 Å². The Balaban J connectivity index is 1.70. The van der Waals surface area contributed by atoms with Crippen molar-refractivity contribution in [2.75, 3.05) is 13.1 Å². The summed E-state index contributed by atoms with van der Waals surface area (Å²) in [6.45, 7) is 1.70. The number of nitrogens with one attached hydrogen (secondary N) is 1. The molecular formula is C17H18ClN3O. The lowest BCUT2D eigenvalue weighted by molar-refractivity contribution is 0.0685. The fraction of sp³-hybridized carbons (Fsp3) is 0.353. The summed E-state index contributed by atoms with van der Waals surface area (Å²) in [4.78, 5) is 14.9. The van der Waals surface area contributed by atoms with Gasteiger partial charge in [0.25, 0.3) is 5.91 Å². The fourth-order valence-electron chi connectivity index (χ4n) is 3.66. The summed E-state index contributed by atoms with van der Waals surface area (Å²) in [7, 11) is 0. The van der Waals surface area contributed by atoms with E-state index in [1.807, 2.05) is 41.3 Å². The Morgan fingerprint density at radius 2 is 2.05 bits per heavy atom. The Morgan fingerprint density at radius 3 is 2.86 bits per heavy atom. The number of amides is 1. The van der Waals surface area contributed by atoms with Gasteiger partial charge in [0.2, 0.25) is 0 Å². The lowest BCUT2D eigenvalue weighted by atomic mass is 9.93. The van der Waals surface area contributed by atoms with E-state index in [9.17, 15) is 4.79 Å². The zero-order chi connectivity index (χ0) is 15.1. The van der Waals surface area contributed by atoms with Crippen LogP contribution in [0.5, 0.6) is 0 Å². The topological polar surface area (TPSA) is 35.6 Å². The van der Waals surface area contributed by atoms with Crippen molar-refractivity contribution in [2.45, 2.75) is 25.3 Å². The van der Waals surface area contributed by atoms with Gasteiger partial charge in [-0.3, -0.25) is 15.2 Å². The molecule has 1 aromatic rings. The van der Waals surface area contributed by atoms with E-state index in [0.29, 0.717) is 5.16 Å². The highest BCUT2D eigenvalue weighted by Crippen LogP contribution is 2.36. The summed E-state index contributed by atoms with van der Waals surface area (Å²) in [5, 5.41) is 2.79. The van der Waals surface area contributed by atoms with Crippen LogP contribution in [0.4, 0.5) is 0 Å². The molecule has 1 N–H and O–H groups in total. The first-order chi connectivity index (χ1) is 10.7. The molecule has 1 atom stereocenters. The van der Waals surface area contributed by atoms with Gasteiger partial charge in [-0.25, -0.2) is 0 Å². The molecule has 1 unspecified atom stereocenters. The number of benzene rings is 1. The number of hydrogen-bond acceptors (Lipinski definition) is 3. The smallest absolute Gasteiger partial charge is 0.254 e. The van der Waals surface area contributed by atoms with Crippen molar-refractivity contribution in [1.82, 2.24) is 15.3 Å². The average Bonchev–Trinajstić information content (AvgIpc) is 2.62. The minimum absolute atomic E-state index is 0.119. The third-order valence-corrected chi connectivity index (χ3v) is 4.84. The Labute approximate surface area is 135 Å². The standard InChI is InChI=1S/C17H18ClN3O/c18-16-11-13-14-7-4-9-21(19-16)15(13)8-10-20(14)17(22)12-5-2-1-3-6-12/h1-3,5-6,11,14,19H,4,7-10H2. The minimum Gasteiger partial charge on any atom is -0.331 e. The van der Waals surface area contributed by atoms with E-state index in [1.54, 1.807) is 0 Å². The maximum absolute atomic E-state index is 12.9. The van der Waals surface area contributed by atoms with Gasteiger partial charge >= 0.3 is 0 Å². The summed E-state index contributed by atoms with van der Waals surface area (Å²) >= 11 is 6.22. The second-order valence-corrected chi connectivity index (χ2v) is 6.34. The Hall–Kier alpha value is -1.94. The van der Waals surface area contributed by atoms with Gasteiger partial charge in [-0.05, 0) is 36.6 Å².